The van der Waals surface area contributed by atoms with Crippen molar-refractivity contribution in [3.05, 3.63) is 17.8 Å². The number of hydrogen-bond donors (Lipinski definition) is 1. The van der Waals surface area contributed by atoms with Gasteiger partial charge in [0.05, 0.1) is 6.20 Å². The second-order valence-corrected chi connectivity index (χ2v) is 6.50. The Morgan fingerprint density at radius 2 is 1.95 bits per heavy atom. The molecule has 116 valence electrons. The first kappa shape index (κ1) is 15.5. The van der Waals surface area contributed by atoms with E-state index in [1.807, 2.05) is 20.8 Å². The number of hydrogen-bond acceptors (Lipinski definition) is 4. The van der Waals surface area contributed by atoms with Crippen LogP contribution in [0.5, 0.6) is 0 Å². The van der Waals surface area contributed by atoms with Crippen LogP contribution in [0.15, 0.2) is 10.6 Å². The minimum Gasteiger partial charge on any atom is -0.444 e. The van der Waals surface area contributed by atoms with Crippen LogP contribution in [0.4, 0.5) is 0 Å². The molecule has 0 radical (unpaired) electrons. The zero-order chi connectivity index (χ0) is 15.9. The molecule has 1 aliphatic heterocycles. The molecule has 0 aromatic carbocycles. The Hall–Kier alpha value is -1.85. The zero-order valence-corrected chi connectivity index (χ0v) is 13.4. The van der Waals surface area contributed by atoms with Crippen molar-refractivity contribution in [1.29, 1.82) is 0 Å². The lowest BCUT2D eigenvalue weighted by Gasteiger charge is -2.46. The van der Waals surface area contributed by atoms with Gasteiger partial charge >= 0.3 is 0 Å². The van der Waals surface area contributed by atoms with E-state index in [0.29, 0.717) is 11.7 Å². The van der Waals surface area contributed by atoms with Crippen LogP contribution in [-0.2, 0) is 9.59 Å². The van der Waals surface area contributed by atoms with E-state index in [9.17, 15) is 9.59 Å². The summed E-state index contributed by atoms with van der Waals surface area (Å²) in [5.41, 5.74) is -0.918. The van der Waals surface area contributed by atoms with Gasteiger partial charge < -0.3 is 14.6 Å². The summed E-state index contributed by atoms with van der Waals surface area (Å²) in [6.07, 6.45) is 1.62. The molecular weight excluding hydrogens is 270 g/mol. The van der Waals surface area contributed by atoms with Crippen LogP contribution in [0, 0.1) is 12.8 Å². The SMILES string of the molecule is Cc1cnc(C(C)N2C(=O)C(C)(C)NC(=O)C2C(C)C)o1. The van der Waals surface area contributed by atoms with Gasteiger partial charge in [0.1, 0.15) is 23.4 Å². The van der Waals surface area contributed by atoms with Crippen molar-refractivity contribution in [2.45, 2.75) is 59.2 Å². The molecule has 2 rings (SSSR count). The van der Waals surface area contributed by atoms with Gasteiger partial charge in [-0.2, -0.15) is 0 Å². The van der Waals surface area contributed by atoms with Gasteiger partial charge in [0.25, 0.3) is 0 Å². The number of aromatic nitrogens is 1. The lowest BCUT2D eigenvalue weighted by molar-refractivity contribution is -0.158. The lowest BCUT2D eigenvalue weighted by atomic mass is 9.90. The summed E-state index contributed by atoms with van der Waals surface area (Å²) in [4.78, 5) is 31.0. The maximum atomic E-state index is 12.8. The first-order chi connectivity index (χ1) is 9.65. The molecule has 6 heteroatoms. The number of carbonyl (C=O) groups excluding carboxylic acids is 2. The maximum Gasteiger partial charge on any atom is 0.249 e. The van der Waals surface area contributed by atoms with Crippen LogP contribution >= 0.6 is 0 Å². The van der Waals surface area contributed by atoms with Crippen molar-refractivity contribution in [1.82, 2.24) is 15.2 Å². The van der Waals surface area contributed by atoms with Gasteiger partial charge in [-0.3, -0.25) is 9.59 Å². The van der Waals surface area contributed by atoms with Crippen LogP contribution in [0.2, 0.25) is 0 Å². The van der Waals surface area contributed by atoms with E-state index in [1.165, 1.54) is 0 Å². The molecule has 0 spiro atoms. The molecule has 2 amide bonds. The van der Waals surface area contributed by atoms with Crippen LogP contribution in [0.1, 0.15) is 52.3 Å². The highest BCUT2D eigenvalue weighted by Gasteiger charge is 2.49. The second-order valence-electron chi connectivity index (χ2n) is 6.50. The topological polar surface area (TPSA) is 75.4 Å². The normalized spacial score (nSPS) is 23.4. The average molecular weight is 293 g/mol. The minimum atomic E-state index is -0.918. The predicted octanol–water partition coefficient (Wildman–Crippen LogP) is 1.81. The lowest BCUT2D eigenvalue weighted by Crippen LogP contribution is -2.69. The number of carbonyl (C=O) groups is 2. The molecule has 1 aromatic rings. The number of nitrogens with zero attached hydrogens (tertiary/aromatic N) is 2. The molecule has 2 atom stereocenters. The summed E-state index contributed by atoms with van der Waals surface area (Å²) < 4.78 is 5.54. The molecule has 1 fully saturated rings. The van der Waals surface area contributed by atoms with Crippen LogP contribution in [0.3, 0.4) is 0 Å². The van der Waals surface area contributed by atoms with Gasteiger partial charge in [0.2, 0.25) is 17.7 Å². The van der Waals surface area contributed by atoms with Gasteiger partial charge in [-0.1, -0.05) is 13.8 Å². The summed E-state index contributed by atoms with van der Waals surface area (Å²) in [5, 5.41) is 2.80. The van der Waals surface area contributed by atoms with Crippen molar-refractivity contribution >= 4 is 11.8 Å². The Morgan fingerprint density at radius 1 is 1.33 bits per heavy atom. The van der Waals surface area contributed by atoms with Gasteiger partial charge in [-0.15, -0.1) is 0 Å². The molecule has 1 saturated heterocycles. The number of piperazine rings is 1. The van der Waals surface area contributed by atoms with Gasteiger partial charge in [0.15, 0.2) is 0 Å². The molecule has 21 heavy (non-hydrogen) atoms. The molecular formula is C15H23N3O3. The first-order valence-electron chi connectivity index (χ1n) is 7.22. The van der Waals surface area contributed by atoms with E-state index in [0.717, 1.165) is 0 Å². The summed E-state index contributed by atoms with van der Waals surface area (Å²) >= 11 is 0. The quantitative estimate of drug-likeness (QED) is 0.922. The number of nitrogens with one attached hydrogen (secondary N) is 1. The van der Waals surface area contributed by atoms with Crippen molar-refractivity contribution in [2.24, 2.45) is 5.92 Å². The monoisotopic (exact) mass is 293 g/mol. The molecule has 0 saturated carbocycles. The van der Waals surface area contributed by atoms with Crippen LogP contribution < -0.4 is 5.32 Å². The molecule has 0 bridgehead atoms. The highest BCUT2D eigenvalue weighted by Crippen LogP contribution is 2.31. The Labute approximate surface area is 124 Å². The van der Waals surface area contributed by atoms with E-state index < -0.39 is 11.6 Å². The highest BCUT2D eigenvalue weighted by atomic mass is 16.4. The Kier molecular flexibility index (Phi) is 3.82. The fourth-order valence-corrected chi connectivity index (χ4v) is 2.74. The molecule has 1 aromatic heterocycles. The van der Waals surface area contributed by atoms with Crippen molar-refractivity contribution in [3.8, 4) is 0 Å². The Balaban J connectivity index is 2.43. The molecule has 1 N–H and O–H groups in total. The Bertz CT molecular complexity index is 562. The number of rotatable bonds is 3. The van der Waals surface area contributed by atoms with Crippen LogP contribution in [-0.4, -0.2) is 33.3 Å². The van der Waals surface area contributed by atoms with Crippen LogP contribution in [0.25, 0.3) is 0 Å². The fraction of sp³-hybridized carbons (Fsp3) is 0.667. The first-order valence-corrected chi connectivity index (χ1v) is 7.22. The number of amides is 2. The van der Waals surface area contributed by atoms with Gasteiger partial charge in [-0.05, 0) is 33.6 Å². The molecule has 2 unspecified atom stereocenters. The fourth-order valence-electron chi connectivity index (χ4n) is 2.74. The van der Waals surface area contributed by atoms with Crippen molar-refractivity contribution in [2.75, 3.05) is 0 Å². The number of oxazole rings is 1. The standard InChI is InChI=1S/C15H23N3O3/c1-8(2)11-12(19)17-15(5,6)14(20)18(11)10(4)13-16-7-9(3)21-13/h7-8,10-11H,1-6H3,(H,17,19). The van der Waals surface area contributed by atoms with E-state index in [1.54, 1.807) is 31.9 Å². The molecule has 1 aliphatic rings. The largest absolute Gasteiger partial charge is 0.444 e. The van der Waals surface area contributed by atoms with E-state index in [-0.39, 0.29) is 23.8 Å². The zero-order valence-electron chi connectivity index (χ0n) is 13.4. The van der Waals surface area contributed by atoms with Gasteiger partial charge in [0, 0.05) is 0 Å². The maximum absolute atomic E-state index is 12.8. The van der Waals surface area contributed by atoms with Crippen molar-refractivity contribution < 1.29 is 14.0 Å². The third-order valence-electron chi connectivity index (χ3n) is 3.82. The smallest absolute Gasteiger partial charge is 0.249 e. The highest BCUT2D eigenvalue weighted by molar-refractivity contribution is 5.99. The van der Waals surface area contributed by atoms with E-state index in [4.69, 9.17) is 4.42 Å². The molecule has 2 heterocycles. The summed E-state index contributed by atoms with van der Waals surface area (Å²) in [7, 11) is 0. The molecule has 6 nitrogen and oxygen atoms in total. The van der Waals surface area contributed by atoms with Gasteiger partial charge in [-0.25, -0.2) is 4.98 Å². The predicted molar refractivity (Wildman–Crippen MR) is 77.3 cm³/mol. The number of aryl methyl sites for hydroxylation is 1. The van der Waals surface area contributed by atoms with Crippen molar-refractivity contribution in [3.63, 3.8) is 0 Å². The summed E-state index contributed by atoms with van der Waals surface area (Å²) in [6, 6.07) is -0.906. The van der Waals surface area contributed by atoms with E-state index >= 15 is 0 Å². The molecule has 0 aliphatic carbocycles. The third kappa shape index (κ3) is 2.66. The summed E-state index contributed by atoms with van der Waals surface area (Å²) in [6.45, 7) is 10.9. The average Bonchev–Trinajstić information content (AvgIpc) is 2.78. The second kappa shape index (κ2) is 5.16. The minimum absolute atomic E-state index is 0.00330. The van der Waals surface area contributed by atoms with E-state index in [2.05, 4.69) is 10.3 Å². The summed E-state index contributed by atoms with van der Waals surface area (Å²) in [5.74, 6) is 0.889. The Morgan fingerprint density at radius 3 is 2.43 bits per heavy atom. The third-order valence-corrected chi connectivity index (χ3v) is 3.82.